The van der Waals surface area contributed by atoms with Crippen LogP contribution in [0.2, 0.25) is 0 Å². The van der Waals surface area contributed by atoms with Gasteiger partial charge in [0.2, 0.25) is 5.91 Å². The van der Waals surface area contributed by atoms with Crippen molar-refractivity contribution in [3.05, 3.63) is 95.6 Å². The van der Waals surface area contributed by atoms with Crippen molar-refractivity contribution in [3.8, 4) is 11.8 Å². The van der Waals surface area contributed by atoms with E-state index in [0.29, 0.717) is 6.61 Å². The fraction of sp³-hybridized carbons (Fsp3) is 0.200. The lowest BCUT2D eigenvalue weighted by Crippen LogP contribution is -2.34. The third-order valence-electron chi connectivity index (χ3n) is 5.39. The molecule has 2 unspecified atom stereocenters. The lowest BCUT2D eigenvalue weighted by molar-refractivity contribution is -0.117. The fourth-order valence-corrected chi connectivity index (χ4v) is 3.93. The predicted molar refractivity (Wildman–Crippen MR) is 113 cm³/mol. The number of anilines is 1. The SMILES string of the molecule is Cc1ccccc1N1C(=O)CC(c2ccccc2OCc2ccccc2)C1C#N. The number of para-hydroxylation sites is 2. The molecule has 4 rings (SSSR count). The number of hydrogen-bond acceptors (Lipinski definition) is 3. The quantitative estimate of drug-likeness (QED) is 0.625. The Bertz CT molecular complexity index is 1060. The second-order valence-electron chi connectivity index (χ2n) is 7.25. The third kappa shape index (κ3) is 3.72. The molecule has 0 N–H and O–H groups in total. The van der Waals surface area contributed by atoms with Gasteiger partial charge in [-0.3, -0.25) is 9.69 Å². The average molecular weight is 382 g/mol. The van der Waals surface area contributed by atoms with Crippen LogP contribution in [0.1, 0.15) is 29.0 Å². The number of hydrogen-bond donors (Lipinski definition) is 0. The van der Waals surface area contributed by atoms with Crippen LogP contribution in [0.3, 0.4) is 0 Å². The Balaban J connectivity index is 1.64. The molecule has 1 aliphatic heterocycles. The molecule has 0 aliphatic carbocycles. The van der Waals surface area contributed by atoms with E-state index in [2.05, 4.69) is 6.07 Å². The highest BCUT2D eigenvalue weighted by Gasteiger charge is 2.43. The zero-order chi connectivity index (χ0) is 20.2. The molecule has 1 saturated heterocycles. The average Bonchev–Trinajstić information content (AvgIpc) is 3.09. The number of benzene rings is 3. The van der Waals surface area contributed by atoms with Crippen LogP contribution in [-0.4, -0.2) is 11.9 Å². The van der Waals surface area contributed by atoms with E-state index in [1.807, 2.05) is 85.8 Å². The Kier molecular flexibility index (Phi) is 5.31. The summed E-state index contributed by atoms with van der Waals surface area (Å²) in [4.78, 5) is 14.6. The van der Waals surface area contributed by atoms with E-state index in [-0.39, 0.29) is 18.2 Å². The van der Waals surface area contributed by atoms with Crippen LogP contribution in [0, 0.1) is 18.3 Å². The Labute approximate surface area is 171 Å². The van der Waals surface area contributed by atoms with Crippen molar-refractivity contribution >= 4 is 11.6 Å². The van der Waals surface area contributed by atoms with Gasteiger partial charge in [0.1, 0.15) is 18.4 Å². The Morgan fingerprint density at radius 3 is 2.45 bits per heavy atom. The number of carbonyl (C=O) groups excluding carboxylic acids is 1. The van der Waals surface area contributed by atoms with Gasteiger partial charge in [0.05, 0.1) is 6.07 Å². The van der Waals surface area contributed by atoms with E-state index < -0.39 is 6.04 Å². The molecule has 1 amide bonds. The van der Waals surface area contributed by atoms with Crippen molar-refractivity contribution in [2.45, 2.75) is 31.9 Å². The van der Waals surface area contributed by atoms with Gasteiger partial charge in [0, 0.05) is 23.6 Å². The second-order valence-corrected chi connectivity index (χ2v) is 7.25. The van der Waals surface area contributed by atoms with Gasteiger partial charge in [-0.25, -0.2) is 0 Å². The maximum Gasteiger partial charge on any atom is 0.228 e. The molecule has 144 valence electrons. The van der Waals surface area contributed by atoms with Crippen molar-refractivity contribution in [2.24, 2.45) is 0 Å². The summed E-state index contributed by atoms with van der Waals surface area (Å²) in [6, 6.07) is 27.2. The normalized spacial score (nSPS) is 18.5. The van der Waals surface area contributed by atoms with Gasteiger partial charge in [-0.05, 0) is 30.2 Å². The van der Waals surface area contributed by atoms with Crippen molar-refractivity contribution in [2.75, 3.05) is 4.90 Å². The summed E-state index contributed by atoms with van der Waals surface area (Å²) in [6.45, 7) is 2.40. The summed E-state index contributed by atoms with van der Waals surface area (Å²) >= 11 is 0. The Morgan fingerprint density at radius 1 is 1.00 bits per heavy atom. The first-order valence-electron chi connectivity index (χ1n) is 9.72. The number of amides is 1. The van der Waals surface area contributed by atoms with Crippen molar-refractivity contribution < 1.29 is 9.53 Å². The van der Waals surface area contributed by atoms with Gasteiger partial charge in [-0.1, -0.05) is 66.7 Å². The lowest BCUT2D eigenvalue weighted by atomic mass is 9.91. The highest BCUT2D eigenvalue weighted by atomic mass is 16.5. The van der Waals surface area contributed by atoms with Crippen LogP contribution in [0.4, 0.5) is 5.69 Å². The number of nitriles is 1. The molecule has 4 heteroatoms. The molecule has 4 nitrogen and oxygen atoms in total. The van der Waals surface area contributed by atoms with Gasteiger partial charge < -0.3 is 4.74 Å². The number of aryl methyl sites for hydroxylation is 1. The summed E-state index contributed by atoms with van der Waals surface area (Å²) in [6.07, 6.45) is 0.290. The van der Waals surface area contributed by atoms with Crippen LogP contribution in [0.5, 0.6) is 5.75 Å². The van der Waals surface area contributed by atoms with Gasteiger partial charge in [0.25, 0.3) is 0 Å². The molecule has 0 spiro atoms. The second kappa shape index (κ2) is 8.20. The minimum absolute atomic E-state index is 0.0336. The molecule has 0 saturated carbocycles. The number of rotatable bonds is 5. The fourth-order valence-electron chi connectivity index (χ4n) is 3.93. The largest absolute Gasteiger partial charge is 0.489 e. The number of ether oxygens (including phenoxy) is 1. The van der Waals surface area contributed by atoms with Crippen LogP contribution in [-0.2, 0) is 11.4 Å². The topological polar surface area (TPSA) is 53.3 Å². The van der Waals surface area contributed by atoms with Crippen LogP contribution >= 0.6 is 0 Å². The van der Waals surface area contributed by atoms with E-state index in [1.165, 1.54) is 0 Å². The molecule has 3 aromatic carbocycles. The van der Waals surface area contributed by atoms with Gasteiger partial charge in [-0.2, -0.15) is 5.26 Å². The van der Waals surface area contributed by atoms with E-state index in [9.17, 15) is 10.1 Å². The van der Waals surface area contributed by atoms with Gasteiger partial charge >= 0.3 is 0 Å². The third-order valence-corrected chi connectivity index (χ3v) is 5.39. The predicted octanol–water partition coefficient (Wildman–Crippen LogP) is 4.99. The molecular formula is C25H22N2O2. The Hall–Kier alpha value is -3.58. The van der Waals surface area contributed by atoms with Crippen LogP contribution in [0.15, 0.2) is 78.9 Å². The van der Waals surface area contributed by atoms with E-state index in [0.717, 1.165) is 28.1 Å². The molecule has 1 heterocycles. The first-order valence-corrected chi connectivity index (χ1v) is 9.72. The molecule has 3 aromatic rings. The molecule has 0 radical (unpaired) electrons. The first kappa shape index (κ1) is 18.8. The van der Waals surface area contributed by atoms with E-state index in [4.69, 9.17) is 4.74 Å². The maximum absolute atomic E-state index is 12.9. The van der Waals surface area contributed by atoms with Gasteiger partial charge in [-0.15, -0.1) is 0 Å². The van der Waals surface area contributed by atoms with Crippen LogP contribution in [0.25, 0.3) is 0 Å². The minimum Gasteiger partial charge on any atom is -0.489 e. The molecule has 1 fully saturated rings. The maximum atomic E-state index is 12.9. The number of carbonyl (C=O) groups is 1. The molecule has 0 aromatic heterocycles. The van der Waals surface area contributed by atoms with E-state index >= 15 is 0 Å². The standard InChI is InChI=1S/C25H22N2O2/c1-18-9-5-7-13-22(18)27-23(16-26)21(15-25(27)28)20-12-6-8-14-24(20)29-17-19-10-3-2-4-11-19/h2-14,21,23H,15,17H2,1H3. The molecule has 2 atom stereocenters. The van der Waals surface area contributed by atoms with Crippen molar-refractivity contribution in [1.29, 1.82) is 5.26 Å². The highest BCUT2D eigenvalue weighted by Crippen LogP contribution is 2.41. The number of nitrogens with zero attached hydrogens (tertiary/aromatic N) is 2. The molecule has 29 heavy (non-hydrogen) atoms. The van der Waals surface area contributed by atoms with E-state index in [1.54, 1.807) is 4.90 Å². The van der Waals surface area contributed by atoms with Gasteiger partial charge in [0.15, 0.2) is 0 Å². The monoisotopic (exact) mass is 382 g/mol. The Morgan fingerprint density at radius 2 is 1.69 bits per heavy atom. The summed E-state index contributed by atoms with van der Waals surface area (Å²) in [7, 11) is 0. The first-order chi connectivity index (χ1) is 14.2. The minimum atomic E-state index is -0.565. The summed E-state index contributed by atoms with van der Waals surface area (Å²) < 4.78 is 6.09. The lowest BCUT2D eigenvalue weighted by Gasteiger charge is -2.25. The molecular weight excluding hydrogens is 360 g/mol. The summed E-state index contributed by atoms with van der Waals surface area (Å²) in [5, 5.41) is 9.95. The van der Waals surface area contributed by atoms with Crippen molar-refractivity contribution in [3.63, 3.8) is 0 Å². The van der Waals surface area contributed by atoms with Crippen molar-refractivity contribution in [1.82, 2.24) is 0 Å². The summed E-state index contributed by atoms with van der Waals surface area (Å²) in [5.41, 5.74) is 3.76. The zero-order valence-electron chi connectivity index (χ0n) is 16.3. The summed E-state index contributed by atoms with van der Waals surface area (Å²) in [5.74, 6) is 0.453. The van der Waals surface area contributed by atoms with Crippen LogP contribution < -0.4 is 9.64 Å². The molecule has 0 bridgehead atoms. The smallest absolute Gasteiger partial charge is 0.228 e. The highest BCUT2D eigenvalue weighted by molar-refractivity contribution is 5.99. The molecule has 1 aliphatic rings. The zero-order valence-corrected chi connectivity index (χ0v) is 16.3.